The lowest BCUT2D eigenvalue weighted by molar-refractivity contribution is -0.136. The molecule has 1 amide bonds. The van der Waals surface area contributed by atoms with Crippen LogP contribution in [-0.2, 0) is 9.53 Å². The zero-order valence-electron chi connectivity index (χ0n) is 11.4. The van der Waals surface area contributed by atoms with Crippen molar-refractivity contribution in [2.75, 3.05) is 6.61 Å². The molecule has 0 radical (unpaired) electrons. The van der Waals surface area contributed by atoms with Crippen LogP contribution in [0.2, 0.25) is 0 Å². The van der Waals surface area contributed by atoms with Gasteiger partial charge in [-0.2, -0.15) is 0 Å². The van der Waals surface area contributed by atoms with Gasteiger partial charge < -0.3 is 15.8 Å². The summed E-state index contributed by atoms with van der Waals surface area (Å²) in [4.78, 5) is 12.6. The second-order valence-corrected chi connectivity index (χ2v) is 6.11. The summed E-state index contributed by atoms with van der Waals surface area (Å²) in [6, 6.07) is -0.159. The van der Waals surface area contributed by atoms with Crippen molar-refractivity contribution in [2.24, 2.45) is 11.7 Å². The van der Waals surface area contributed by atoms with Gasteiger partial charge >= 0.3 is 0 Å². The number of nitrogens with one attached hydrogen (secondary N) is 1. The van der Waals surface area contributed by atoms with Crippen LogP contribution in [0, 0.1) is 5.92 Å². The molecule has 19 heavy (non-hydrogen) atoms. The SMILES string of the molecule is NC(=S)C(NC(=O)C1CCCCO1)C1CCCCC1. The summed E-state index contributed by atoms with van der Waals surface area (Å²) in [6.45, 7) is 0.680. The Hall–Kier alpha value is -0.680. The van der Waals surface area contributed by atoms with Gasteiger partial charge in [-0.05, 0) is 38.0 Å². The number of rotatable bonds is 4. The maximum absolute atomic E-state index is 12.2. The minimum atomic E-state index is -0.311. The largest absolute Gasteiger partial charge is 0.392 e. The first-order valence-electron chi connectivity index (χ1n) is 7.40. The van der Waals surface area contributed by atoms with Gasteiger partial charge in [-0.15, -0.1) is 0 Å². The van der Waals surface area contributed by atoms with Crippen LogP contribution in [0.4, 0.5) is 0 Å². The van der Waals surface area contributed by atoms with E-state index in [0.717, 1.165) is 32.1 Å². The lowest BCUT2D eigenvalue weighted by Crippen LogP contribution is -2.52. The monoisotopic (exact) mass is 284 g/mol. The third kappa shape index (κ3) is 4.14. The summed E-state index contributed by atoms with van der Waals surface area (Å²) >= 11 is 5.14. The minimum absolute atomic E-state index is 0.0388. The average Bonchev–Trinajstić information content (AvgIpc) is 2.46. The van der Waals surface area contributed by atoms with Gasteiger partial charge in [0, 0.05) is 6.61 Å². The van der Waals surface area contributed by atoms with Crippen LogP contribution in [0.1, 0.15) is 51.4 Å². The fraction of sp³-hybridized carbons (Fsp3) is 0.857. The van der Waals surface area contributed by atoms with Crippen LogP contribution >= 0.6 is 12.2 Å². The first-order chi connectivity index (χ1) is 9.18. The molecule has 3 N–H and O–H groups in total. The first kappa shape index (κ1) is 14.7. The van der Waals surface area contributed by atoms with Crippen molar-refractivity contribution in [1.29, 1.82) is 0 Å². The highest BCUT2D eigenvalue weighted by Gasteiger charge is 2.30. The normalized spacial score (nSPS) is 26.6. The van der Waals surface area contributed by atoms with E-state index in [1.54, 1.807) is 0 Å². The van der Waals surface area contributed by atoms with Crippen molar-refractivity contribution in [3.05, 3.63) is 0 Å². The topological polar surface area (TPSA) is 64.3 Å². The van der Waals surface area contributed by atoms with E-state index in [-0.39, 0.29) is 18.1 Å². The fourth-order valence-electron chi connectivity index (χ4n) is 3.08. The van der Waals surface area contributed by atoms with Crippen LogP contribution in [-0.4, -0.2) is 29.6 Å². The molecule has 2 aliphatic rings. The predicted molar refractivity (Wildman–Crippen MR) is 78.9 cm³/mol. The average molecular weight is 284 g/mol. The van der Waals surface area contributed by atoms with E-state index < -0.39 is 0 Å². The quantitative estimate of drug-likeness (QED) is 0.774. The summed E-state index contributed by atoms with van der Waals surface area (Å²) < 4.78 is 5.51. The fourth-order valence-corrected chi connectivity index (χ4v) is 3.33. The van der Waals surface area contributed by atoms with Crippen LogP contribution < -0.4 is 11.1 Å². The van der Waals surface area contributed by atoms with Gasteiger partial charge in [0.1, 0.15) is 6.10 Å². The minimum Gasteiger partial charge on any atom is -0.392 e. The van der Waals surface area contributed by atoms with Crippen molar-refractivity contribution >= 4 is 23.1 Å². The summed E-state index contributed by atoms with van der Waals surface area (Å²) in [5, 5.41) is 3.03. The van der Waals surface area contributed by atoms with Crippen LogP contribution in [0.25, 0.3) is 0 Å². The zero-order chi connectivity index (χ0) is 13.7. The molecule has 108 valence electrons. The summed E-state index contributed by atoms with van der Waals surface area (Å²) in [6.07, 6.45) is 8.50. The van der Waals surface area contributed by atoms with E-state index in [1.807, 2.05) is 0 Å². The molecule has 1 saturated carbocycles. The molecule has 0 bridgehead atoms. The highest BCUT2D eigenvalue weighted by molar-refractivity contribution is 7.80. The number of thiocarbonyl (C=S) groups is 1. The molecule has 1 aliphatic carbocycles. The molecule has 0 aromatic heterocycles. The lowest BCUT2D eigenvalue weighted by atomic mass is 9.83. The summed E-state index contributed by atoms with van der Waals surface area (Å²) in [5.74, 6) is 0.363. The van der Waals surface area contributed by atoms with E-state index in [1.165, 1.54) is 19.3 Å². The molecule has 2 fully saturated rings. The highest BCUT2D eigenvalue weighted by atomic mass is 32.1. The molecule has 0 spiro atoms. The van der Waals surface area contributed by atoms with E-state index in [4.69, 9.17) is 22.7 Å². The van der Waals surface area contributed by atoms with E-state index >= 15 is 0 Å². The molecular weight excluding hydrogens is 260 g/mol. The molecule has 0 aromatic carbocycles. The van der Waals surface area contributed by atoms with Crippen molar-refractivity contribution < 1.29 is 9.53 Å². The number of carbonyl (C=O) groups excluding carboxylic acids is 1. The predicted octanol–water partition coefficient (Wildman–Crippen LogP) is 1.91. The maximum atomic E-state index is 12.2. The number of hydrogen-bond donors (Lipinski definition) is 2. The van der Waals surface area contributed by atoms with Gasteiger partial charge in [-0.25, -0.2) is 0 Å². The number of carbonyl (C=O) groups is 1. The Morgan fingerprint density at radius 2 is 1.84 bits per heavy atom. The molecule has 5 heteroatoms. The Morgan fingerprint density at radius 1 is 1.16 bits per heavy atom. The van der Waals surface area contributed by atoms with Gasteiger partial charge in [0.05, 0.1) is 11.0 Å². The van der Waals surface area contributed by atoms with Crippen LogP contribution in [0.15, 0.2) is 0 Å². The van der Waals surface area contributed by atoms with Gasteiger partial charge in [-0.1, -0.05) is 31.5 Å². The Morgan fingerprint density at radius 3 is 2.42 bits per heavy atom. The Bertz CT molecular complexity index is 323. The van der Waals surface area contributed by atoms with Crippen molar-refractivity contribution in [2.45, 2.75) is 63.5 Å². The highest BCUT2D eigenvalue weighted by Crippen LogP contribution is 2.27. The number of ether oxygens (including phenoxy) is 1. The second-order valence-electron chi connectivity index (χ2n) is 5.64. The first-order valence-corrected chi connectivity index (χ1v) is 7.80. The Labute approximate surface area is 120 Å². The number of hydrogen-bond acceptors (Lipinski definition) is 3. The molecule has 1 saturated heterocycles. The zero-order valence-corrected chi connectivity index (χ0v) is 12.2. The van der Waals surface area contributed by atoms with Crippen molar-refractivity contribution in [3.8, 4) is 0 Å². The lowest BCUT2D eigenvalue weighted by Gasteiger charge is -2.32. The Balaban J connectivity index is 1.91. The number of amides is 1. The molecular formula is C14H24N2O2S. The van der Waals surface area contributed by atoms with Crippen LogP contribution in [0.3, 0.4) is 0 Å². The number of nitrogens with two attached hydrogens (primary N) is 1. The maximum Gasteiger partial charge on any atom is 0.249 e. The second kappa shape index (κ2) is 7.20. The molecule has 1 heterocycles. The third-order valence-corrected chi connectivity index (χ3v) is 4.45. The third-order valence-electron chi connectivity index (χ3n) is 4.20. The Kier molecular flexibility index (Phi) is 5.58. The molecule has 2 atom stereocenters. The summed E-state index contributed by atoms with van der Waals surface area (Å²) in [7, 11) is 0. The van der Waals surface area contributed by atoms with E-state index in [2.05, 4.69) is 5.32 Å². The molecule has 1 aliphatic heterocycles. The van der Waals surface area contributed by atoms with Crippen LogP contribution in [0.5, 0.6) is 0 Å². The van der Waals surface area contributed by atoms with E-state index in [9.17, 15) is 4.79 Å². The molecule has 4 nitrogen and oxygen atoms in total. The van der Waals surface area contributed by atoms with Gasteiger partial charge in [0.15, 0.2) is 0 Å². The summed E-state index contributed by atoms with van der Waals surface area (Å²) in [5.41, 5.74) is 5.82. The molecule has 0 aromatic rings. The molecule has 2 rings (SSSR count). The van der Waals surface area contributed by atoms with Gasteiger partial charge in [-0.3, -0.25) is 4.79 Å². The van der Waals surface area contributed by atoms with Gasteiger partial charge in [0.25, 0.3) is 0 Å². The standard InChI is InChI=1S/C14H24N2O2S/c15-13(19)12(10-6-2-1-3-7-10)16-14(17)11-8-4-5-9-18-11/h10-12H,1-9H2,(H2,15,19)(H,16,17). The van der Waals surface area contributed by atoms with E-state index in [0.29, 0.717) is 17.5 Å². The molecule has 2 unspecified atom stereocenters. The van der Waals surface area contributed by atoms with Crippen molar-refractivity contribution in [3.63, 3.8) is 0 Å². The van der Waals surface area contributed by atoms with Gasteiger partial charge in [0.2, 0.25) is 5.91 Å². The van der Waals surface area contributed by atoms with Crippen molar-refractivity contribution in [1.82, 2.24) is 5.32 Å². The smallest absolute Gasteiger partial charge is 0.249 e.